The van der Waals surface area contributed by atoms with Crippen LogP contribution in [0, 0.1) is 0 Å². The van der Waals surface area contributed by atoms with Crippen LogP contribution in [0.1, 0.15) is 27.6 Å². The molecule has 28 heavy (non-hydrogen) atoms. The molecule has 4 rings (SSSR count). The Morgan fingerprint density at radius 1 is 1.11 bits per heavy atom. The van der Waals surface area contributed by atoms with Crippen LogP contribution in [0.4, 0.5) is 11.4 Å². The average molecular weight is 396 g/mol. The third-order valence-electron chi connectivity index (χ3n) is 4.71. The van der Waals surface area contributed by atoms with Crippen LogP contribution in [0.2, 0.25) is 0 Å². The monoisotopic (exact) mass is 396 g/mol. The van der Waals surface area contributed by atoms with Crippen molar-refractivity contribution in [3.63, 3.8) is 0 Å². The fourth-order valence-corrected chi connectivity index (χ4v) is 4.75. The second kappa shape index (κ2) is 6.35. The van der Waals surface area contributed by atoms with Gasteiger partial charge < -0.3 is 10.0 Å². The molecule has 3 aromatic rings. The Balaban J connectivity index is 1.84. The molecular weight excluding hydrogens is 380 g/mol. The van der Waals surface area contributed by atoms with Crippen molar-refractivity contribution in [1.82, 2.24) is 0 Å². The highest BCUT2D eigenvalue weighted by molar-refractivity contribution is 7.93. The fourth-order valence-electron chi connectivity index (χ4n) is 3.49. The van der Waals surface area contributed by atoms with E-state index in [0.29, 0.717) is 28.6 Å². The first kappa shape index (κ1) is 18.0. The minimum atomic E-state index is -4.00. The lowest BCUT2D eigenvalue weighted by Gasteiger charge is -2.16. The van der Waals surface area contributed by atoms with E-state index in [9.17, 15) is 18.0 Å². The Morgan fingerprint density at radius 3 is 2.57 bits per heavy atom. The topological polar surface area (TPSA) is 104 Å². The van der Waals surface area contributed by atoms with Crippen molar-refractivity contribution < 1.29 is 23.1 Å². The standard InChI is InChI=1S/C20H16N2O5S/c1-2-22-16-9-10-17(14-7-4-8-15(18(14)16)19(22)23)28(26,27)21-13-6-3-5-12(11-13)20(24)25/h3-11,21H,2H2,1H3,(H,24,25). The lowest BCUT2D eigenvalue weighted by molar-refractivity contribution is 0.0696. The molecule has 0 unspecified atom stereocenters. The van der Waals surface area contributed by atoms with E-state index in [1.54, 1.807) is 29.2 Å². The highest BCUT2D eigenvalue weighted by atomic mass is 32.2. The van der Waals surface area contributed by atoms with Gasteiger partial charge in [0.2, 0.25) is 0 Å². The molecule has 0 fully saturated rings. The molecular formula is C20H16N2O5S. The zero-order chi connectivity index (χ0) is 20.1. The van der Waals surface area contributed by atoms with Crippen LogP contribution in [0.15, 0.2) is 59.5 Å². The molecule has 1 heterocycles. The van der Waals surface area contributed by atoms with Crippen molar-refractivity contribution in [1.29, 1.82) is 0 Å². The van der Waals surface area contributed by atoms with E-state index < -0.39 is 16.0 Å². The summed E-state index contributed by atoms with van der Waals surface area (Å²) in [6.45, 7) is 2.34. The fraction of sp³-hybridized carbons (Fsp3) is 0.100. The predicted octanol–water partition coefficient (Wildman–Crippen LogP) is 3.32. The first-order valence-corrected chi connectivity index (χ1v) is 10.1. The summed E-state index contributed by atoms with van der Waals surface area (Å²) < 4.78 is 28.5. The second-order valence-electron chi connectivity index (χ2n) is 6.35. The third kappa shape index (κ3) is 2.69. The third-order valence-corrected chi connectivity index (χ3v) is 6.15. The number of benzene rings is 3. The maximum absolute atomic E-state index is 13.0. The lowest BCUT2D eigenvalue weighted by atomic mass is 10.1. The molecule has 3 aromatic carbocycles. The summed E-state index contributed by atoms with van der Waals surface area (Å²) in [7, 11) is -4.00. The highest BCUT2D eigenvalue weighted by Crippen LogP contribution is 2.40. The number of anilines is 2. The number of nitrogens with zero attached hydrogens (tertiary/aromatic N) is 1. The zero-order valence-electron chi connectivity index (χ0n) is 14.8. The molecule has 1 aliphatic rings. The van der Waals surface area contributed by atoms with Crippen LogP contribution >= 0.6 is 0 Å². The van der Waals surface area contributed by atoms with Gasteiger partial charge in [-0.3, -0.25) is 9.52 Å². The molecule has 0 atom stereocenters. The first-order valence-electron chi connectivity index (χ1n) is 8.57. The van der Waals surface area contributed by atoms with Gasteiger partial charge in [-0.25, -0.2) is 13.2 Å². The molecule has 0 spiro atoms. The summed E-state index contributed by atoms with van der Waals surface area (Å²) in [5.41, 5.74) is 1.28. The molecule has 2 N–H and O–H groups in total. The van der Waals surface area contributed by atoms with Gasteiger partial charge in [-0.1, -0.05) is 18.2 Å². The Bertz CT molecular complexity index is 1250. The van der Waals surface area contributed by atoms with Crippen molar-refractivity contribution in [2.45, 2.75) is 11.8 Å². The molecule has 1 aliphatic heterocycles. The number of carbonyl (C=O) groups excluding carboxylic acids is 1. The Kier molecular flexibility index (Phi) is 4.08. The molecule has 142 valence electrons. The van der Waals surface area contributed by atoms with Crippen molar-refractivity contribution >= 4 is 44.0 Å². The van der Waals surface area contributed by atoms with Gasteiger partial charge in [-0.05, 0) is 43.3 Å². The van der Waals surface area contributed by atoms with E-state index in [1.165, 1.54) is 30.3 Å². The maximum atomic E-state index is 13.0. The number of rotatable bonds is 5. The van der Waals surface area contributed by atoms with Crippen LogP contribution in [-0.4, -0.2) is 31.9 Å². The molecule has 0 aromatic heterocycles. The molecule has 1 amide bonds. The second-order valence-corrected chi connectivity index (χ2v) is 8.00. The van der Waals surface area contributed by atoms with Crippen LogP contribution in [-0.2, 0) is 10.0 Å². The van der Waals surface area contributed by atoms with Crippen molar-refractivity contribution in [3.05, 3.63) is 65.7 Å². The highest BCUT2D eigenvalue weighted by Gasteiger charge is 2.31. The smallest absolute Gasteiger partial charge is 0.335 e. The van der Waals surface area contributed by atoms with Gasteiger partial charge >= 0.3 is 5.97 Å². The molecule has 0 bridgehead atoms. The van der Waals surface area contributed by atoms with E-state index in [-0.39, 0.29) is 22.1 Å². The van der Waals surface area contributed by atoms with E-state index in [4.69, 9.17) is 5.11 Å². The number of carboxylic acid groups (broad SMARTS) is 1. The summed E-state index contributed by atoms with van der Waals surface area (Å²) in [4.78, 5) is 25.3. The van der Waals surface area contributed by atoms with E-state index in [2.05, 4.69) is 4.72 Å². The Hall–Kier alpha value is -3.39. The number of carboxylic acids is 1. The predicted molar refractivity (Wildman–Crippen MR) is 106 cm³/mol. The van der Waals surface area contributed by atoms with Crippen molar-refractivity contribution in [2.75, 3.05) is 16.2 Å². The van der Waals surface area contributed by atoms with E-state index in [1.807, 2.05) is 6.92 Å². The number of nitrogens with one attached hydrogen (secondary N) is 1. The molecule has 8 heteroatoms. The van der Waals surface area contributed by atoms with E-state index in [0.717, 1.165) is 0 Å². The van der Waals surface area contributed by atoms with Crippen LogP contribution < -0.4 is 9.62 Å². The number of sulfonamides is 1. The van der Waals surface area contributed by atoms with E-state index >= 15 is 0 Å². The molecule has 0 aliphatic carbocycles. The summed E-state index contributed by atoms with van der Waals surface area (Å²) in [6.07, 6.45) is 0. The Morgan fingerprint density at radius 2 is 1.86 bits per heavy atom. The summed E-state index contributed by atoms with van der Waals surface area (Å²) in [6, 6.07) is 13.7. The SMILES string of the molecule is CCN1C(=O)c2cccc3c(S(=O)(=O)Nc4cccc(C(=O)O)c4)ccc1c23. The van der Waals surface area contributed by atoms with Crippen molar-refractivity contribution in [3.8, 4) is 0 Å². The lowest BCUT2D eigenvalue weighted by Crippen LogP contribution is -2.25. The van der Waals surface area contributed by atoms with Crippen LogP contribution in [0.5, 0.6) is 0 Å². The number of carbonyl (C=O) groups is 2. The number of aromatic carboxylic acids is 1. The minimum Gasteiger partial charge on any atom is -0.478 e. The number of hydrogen-bond acceptors (Lipinski definition) is 4. The summed E-state index contributed by atoms with van der Waals surface area (Å²) >= 11 is 0. The zero-order valence-corrected chi connectivity index (χ0v) is 15.7. The van der Waals surface area contributed by atoms with Gasteiger partial charge in [-0.15, -0.1) is 0 Å². The normalized spacial score (nSPS) is 13.2. The molecule has 0 saturated heterocycles. The summed E-state index contributed by atoms with van der Waals surface area (Å²) in [5, 5.41) is 10.1. The Labute approximate surface area is 161 Å². The van der Waals surface area contributed by atoms with Crippen molar-refractivity contribution in [2.24, 2.45) is 0 Å². The molecule has 7 nitrogen and oxygen atoms in total. The van der Waals surface area contributed by atoms with Gasteiger partial charge in [0.25, 0.3) is 15.9 Å². The molecule has 0 saturated carbocycles. The van der Waals surface area contributed by atoms with Gasteiger partial charge in [0.1, 0.15) is 0 Å². The summed E-state index contributed by atoms with van der Waals surface area (Å²) in [5.74, 6) is -1.30. The van der Waals surface area contributed by atoms with Crippen LogP contribution in [0.25, 0.3) is 10.8 Å². The average Bonchev–Trinajstić information content (AvgIpc) is 2.95. The minimum absolute atomic E-state index is 0.0233. The quantitative estimate of drug-likeness (QED) is 0.689. The molecule has 0 radical (unpaired) electrons. The van der Waals surface area contributed by atoms with Crippen LogP contribution in [0.3, 0.4) is 0 Å². The largest absolute Gasteiger partial charge is 0.478 e. The van der Waals surface area contributed by atoms with Gasteiger partial charge in [0.05, 0.1) is 16.1 Å². The van der Waals surface area contributed by atoms with Gasteiger partial charge in [-0.2, -0.15) is 0 Å². The van der Waals surface area contributed by atoms with Gasteiger partial charge in [0.15, 0.2) is 0 Å². The number of amides is 1. The first-order chi connectivity index (χ1) is 13.3. The number of hydrogen-bond donors (Lipinski definition) is 2. The van der Waals surface area contributed by atoms with Gasteiger partial charge in [0, 0.05) is 28.6 Å². The maximum Gasteiger partial charge on any atom is 0.335 e.